The highest BCUT2D eigenvalue weighted by molar-refractivity contribution is 6.13. The number of piperidine rings is 2. The van der Waals surface area contributed by atoms with Gasteiger partial charge in [-0.3, -0.25) is 19.3 Å². The van der Waals surface area contributed by atoms with Gasteiger partial charge in [0.1, 0.15) is 12.1 Å². The Bertz CT molecular complexity index is 834. The van der Waals surface area contributed by atoms with Gasteiger partial charge < -0.3 is 15.1 Å². The van der Waals surface area contributed by atoms with E-state index in [0.29, 0.717) is 30.8 Å². The second kappa shape index (κ2) is 9.39. The minimum Gasteiger partial charge on any atom is -0.353 e. The van der Waals surface area contributed by atoms with Crippen molar-refractivity contribution < 1.29 is 14.4 Å². The molecule has 1 aromatic carbocycles. The molecule has 2 unspecified atom stereocenters. The Morgan fingerprint density at radius 3 is 2.61 bits per heavy atom. The van der Waals surface area contributed by atoms with Crippen LogP contribution in [0.1, 0.15) is 56.3 Å². The average molecular weight is 427 g/mol. The molecule has 0 aliphatic carbocycles. The molecule has 7 nitrogen and oxygen atoms in total. The van der Waals surface area contributed by atoms with Crippen molar-refractivity contribution in [1.82, 2.24) is 15.1 Å². The van der Waals surface area contributed by atoms with Crippen LogP contribution in [0.3, 0.4) is 0 Å². The Morgan fingerprint density at radius 1 is 1.10 bits per heavy atom. The van der Waals surface area contributed by atoms with Crippen molar-refractivity contribution >= 4 is 23.4 Å². The SMILES string of the molecule is CC1CCN(CCNC(=O)C(C)N2C(=O)C3CCCCN3C(=O)c3ccccc32)CC1. The lowest BCUT2D eigenvalue weighted by Crippen LogP contribution is -2.55. The third-order valence-electron chi connectivity index (χ3n) is 7.05. The average Bonchev–Trinajstić information content (AvgIpc) is 2.88. The van der Waals surface area contributed by atoms with E-state index in [0.717, 1.165) is 38.4 Å². The summed E-state index contributed by atoms with van der Waals surface area (Å²) in [5.41, 5.74) is 1.04. The Morgan fingerprint density at radius 2 is 1.84 bits per heavy atom. The van der Waals surface area contributed by atoms with Gasteiger partial charge in [-0.1, -0.05) is 19.1 Å². The van der Waals surface area contributed by atoms with Gasteiger partial charge in [0.2, 0.25) is 5.91 Å². The molecule has 4 rings (SSSR count). The Kier molecular flexibility index (Phi) is 6.60. The summed E-state index contributed by atoms with van der Waals surface area (Å²) in [5.74, 6) is 0.348. The molecule has 0 saturated carbocycles. The van der Waals surface area contributed by atoms with Gasteiger partial charge in [-0.05, 0) is 70.2 Å². The van der Waals surface area contributed by atoms with E-state index < -0.39 is 12.1 Å². The summed E-state index contributed by atoms with van der Waals surface area (Å²) in [7, 11) is 0. The number of hydrogen-bond acceptors (Lipinski definition) is 4. The number of amides is 3. The second-order valence-corrected chi connectivity index (χ2v) is 9.23. The number of fused-ring (bicyclic) bond motifs is 2. The lowest BCUT2D eigenvalue weighted by Gasteiger charge is -2.36. The molecule has 7 heteroatoms. The number of hydrogen-bond donors (Lipinski definition) is 1. The first kappa shape index (κ1) is 21.8. The van der Waals surface area contributed by atoms with Crippen LogP contribution in [0.25, 0.3) is 0 Å². The third-order valence-corrected chi connectivity index (χ3v) is 7.05. The van der Waals surface area contributed by atoms with Crippen LogP contribution in [-0.4, -0.2) is 72.3 Å². The number of likely N-dealkylation sites (tertiary alicyclic amines) is 1. The molecule has 0 aromatic heterocycles. The molecular weight excluding hydrogens is 392 g/mol. The first-order chi connectivity index (χ1) is 15.0. The van der Waals surface area contributed by atoms with E-state index in [9.17, 15) is 14.4 Å². The van der Waals surface area contributed by atoms with Crippen molar-refractivity contribution in [3.8, 4) is 0 Å². The maximum absolute atomic E-state index is 13.5. The molecule has 2 fully saturated rings. The topological polar surface area (TPSA) is 73.0 Å². The van der Waals surface area contributed by atoms with Crippen LogP contribution in [0.15, 0.2) is 24.3 Å². The molecule has 3 aliphatic rings. The molecule has 1 N–H and O–H groups in total. The number of rotatable bonds is 5. The predicted octanol–water partition coefficient (Wildman–Crippen LogP) is 2.26. The highest BCUT2D eigenvalue weighted by Crippen LogP contribution is 2.33. The number of benzene rings is 1. The maximum Gasteiger partial charge on any atom is 0.256 e. The van der Waals surface area contributed by atoms with Crippen molar-refractivity contribution in [1.29, 1.82) is 0 Å². The van der Waals surface area contributed by atoms with E-state index in [1.807, 2.05) is 12.1 Å². The van der Waals surface area contributed by atoms with Crippen molar-refractivity contribution in [2.45, 2.75) is 58.0 Å². The lowest BCUT2D eigenvalue weighted by atomic mass is 9.99. The standard InChI is InChI=1S/C24H34N4O3/c1-17-10-14-26(15-11-17)16-12-25-22(29)18(2)28-20-8-4-3-7-19(20)23(30)27-13-6-5-9-21(27)24(28)31/h3-4,7-8,17-18,21H,5-6,9-16H2,1-2H3,(H,25,29). The van der Waals surface area contributed by atoms with Gasteiger partial charge in [0.25, 0.3) is 11.8 Å². The molecular formula is C24H34N4O3. The minimum atomic E-state index is -0.676. The summed E-state index contributed by atoms with van der Waals surface area (Å²) in [6.45, 7) is 8.17. The van der Waals surface area contributed by atoms with Crippen molar-refractivity contribution in [2.75, 3.05) is 37.6 Å². The Hall–Kier alpha value is -2.41. The van der Waals surface area contributed by atoms with Gasteiger partial charge in [0, 0.05) is 19.6 Å². The van der Waals surface area contributed by atoms with Gasteiger partial charge in [-0.15, -0.1) is 0 Å². The first-order valence-corrected chi connectivity index (χ1v) is 11.7. The highest BCUT2D eigenvalue weighted by atomic mass is 16.2. The van der Waals surface area contributed by atoms with Crippen molar-refractivity contribution in [3.63, 3.8) is 0 Å². The Balaban J connectivity index is 1.48. The fourth-order valence-electron chi connectivity index (χ4n) is 5.02. The summed E-state index contributed by atoms with van der Waals surface area (Å²) in [4.78, 5) is 45.4. The summed E-state index contributed by atoms with van der Waals surface area (Å²) < 4.78 is 0. The monoisotopic (exact) mass is 426 g/mol. The summed E-state index contributed by atoms with van der Waals surface area (Å²) in [6.07, 6.45) is 4.88. The van der Waals surface area contributed by atoms with Crippen LogP contribution in [0.4, 0.5) is 5.69 Å². The molecule has 0 spiro atoms. The molecule has 3 amide bonds. The molecule has 3 heterocycles. The number of anilines is 1. The zero-order valence-corrected chi connectivity index (χ0v) is 18.7. The van der Waals surface area contributed by atoms with E-state index in [1.54, 1.807) is 28.9 Å². The van der Waals surface area contributed by atoms with Gasteiger partial charge in [0.05, 0.1) is 11.3 Å². The Labute approximate surface area is 184 Å². The van der Waals surface area contributed by atoms with E-state index >= 15 is 0 Å². The second-order valence-electron chi connectivity index (χ2n) is 9.23. The fourth-order valence-corrected chi connectivity index (χ4v) is 5.02. The van der Waals surface area contributed by atoms with Gasteiger partial charge >= 0.3 is 0 Å². The van der Waals surface area contributed by atoms with Crippen LogP contribution in [-0.2, 0) is 9.59 Å². The number of nitrogens with zero attached hydrogens (tertiary/aromatic N) is 3. The van der Waals surface area contributed by atoms with Crippen LogP contribution in [0.2, 0.25) is 0 Å². The van der Waals surface area contributed by atoms with E-state index in [-0.39, 0.29) is 17.7 Å². The molecule has 168 valence electrons. The molecule has 0 radical (unpaired) electrons. The van der Waals surface area contributed by atoms with E-state index in [1.165, 1.54) is 12.8 Å². The first-order valence-electron chi connectivity index (χ1n) is 11.7. The lowest BCUT2D eigenvalue weighted by molar-refractivity contribution is -0.128. The number of carbonyl (C=O) groups is 3. The van der Waals surface area contributed by atoms with Crippen LogP contribution in [0.5, 0.6) is 0 Å². The third kappa shape index (κ3) is 4.47. The number of nitrogens with one attached hydrogen (secondary N) is 1. The van der Waals surface area contributed by atoms with E-state index in [4.69, 9.17) is 0 Å². The smallest absolute Gasteiger partial charge is 0.256 e. The molecule has 3 aliphatic heterocycles. The number of carbonyl (C=O) groups excluding carboxylic acids is 3. The molecule has 2 saturated heterocycles. The van der Waals surface area contributed by atoms with Crippen molar-refractivity contribution in [3.05, 3.63) is 29.8 Å². The summed E-state index contributed by atoms with van der Waals surface area (Å²) in [5, 5.41) is 3.02. The fraction of sp³-hybridized carbons (Fsp3) is 0.625. The van der Waals surface area contributed by atoms with Gasteiger partial charge in [0.15, 0.2) is 0 Å². The summed E-state index contributed by atoms with van der Waals surface area (Å²) >= 11 is 0. The normalized spacial score (nSPS) is 23.7. The molecule has 2 atom stereocenters. The number of para-hydroxylation sites is 1. The van der Waals surface area contributed by atoms with E-state index in [2.05, 4.69) is 17.1 Å². The summed E-state index contributed by atoms with van der Waals surface area (Å²) in [6, 6.07) is 6.01. The quantitative estimate of drug-likeness (QED) is 0.784. The molecule has 0 bridgehead atoms. The van der Waals surface area contributed by atoms with Crippen LogP contribution >= 0.6 is 0 Å². The minimum absolute atomic E-state index is 0.108. The zero-order valence-electron chi connectivity index (χ0n) is 18.7. The molecule has 31 heavy (non-hydrogen) atoms. The largest absolute Gasteiger partial charge is 0.353 e. The van der Waals surface area contributed by atoms with Gasteiger partial charge in [-0.25, -0.2) is 0 Å². The highest BCUT2D eigenvalue weighted by Gasteiger charge is 2.43. The molecule has 1 aromatic rings. The zero-order chi connectivity index (χ0) is 22.0. The maximum atomic E-state index is 13.5. The van der Waals surface area contributed by atoms with Crippen LogP contribution in [0, 0.1) is 5.92 Å². The van der Waals surface area contributed by atoms with Gasteiger partial charge in [-0.2, -0.15) is 0 Å². The van der Waals surface area contributed by atoms with Crippen molar-refractivity contribution in [2.24, 2.45) is 5.92 Å². The predicted molar refractivity (Wildman–Crippen MR) is 120 cm³/mol. The van der Waals surface area contributed by atoms with Crippen LogP contribution < -0.4 is 10.2 Å².